The number of allylic oxidation sites excluding steroid dienone is 18. The molecule has 0 aromatic rings. The molecule has 1 saturated heterocycles. The minimum atomic E-state index is -4.67. The van der Waals surface area contributed by atoms with Gasteiger partial charge in [0.2, 0.25) is 0 Å². The van der Waals surface area contributed by atoms with Crippen molar-refractivity contribution in [3.8, 4) is 0 Å². The van der Waals surface area contributed by atoms with Crippen LogP contribution in [0.15, 0.2) is 122 Å². The monoisotopic (exact) mass is 885 g/mol. The second kappa shape index (κ2) is 40.1. The first-order chi connectivity index (χ1) is 30.2. The van der Waals surface area contributed by atoms with Crippen molar-refractivity contribution in [1.82, 2.24) is 0 Å². The second-order valence-corrected chi connectivity index (χ2v) is 16.2. The first-order valence-corrected chi connectivity index (χ1v) is 24.1. The van der Waals surface area contributed by atoms with Gasteiger partial charge >= 0.3 is 19.8 Å². The lowest BCUT2D eigenvalue weighted by Gasteiger charge is -2.20. The van der Waals surface area contributed by atoms with Crippen LogP contribution in [0.25, 0.3) is 0 Å². The van der Waals surface area contributed by atoms with Crippen LogP contribution in [0.4, 0.5) is 0 Å². The molecule has 1 aliphatic rings. The van der Waals surface area contributed by atoms with Crippen molar-refractivity contribution in [3.63, 3.8) is 0 Å². The zero-order valence-electron chi connectivity index (χ0n) is 37.5. The molecule has 0 radical (unpaired) electrons. The molecule has 0 spiro atoms. The van der Waals surface area contributed by atoms with Gasteiger partial charge in [0.1, 0.15) is 12.7 Å². The van der Waals surface area contributed by atoms with Gasteiger partial charge in [0.05, 0.1) is 32.0 Å². The normalized spacial score (nSPS) is 18.1. The predicted octanol–water partition coefficient (Wildman–Crippen LogP) is 11.3. The van der Waals surface area contributed by atoms with E-state index in [1.165, 1.54) is 25.7 Å². The molecule has 0 bridgehead atoms. The number of hydrogen-bond donors (Lipinski definition) is 3. The first kappa shape index (κ1) is 56.3. The third-order valence-corrected chi connectivity index (χ3v) is 9.98. The predicted molar refractivity (Wildman–Crippen MR) is 250 cm³/mol. The molecule has 1 aliphatic heterocycles. The number of ether oxygens (including phenoxy) is 3. The van der Waals surface area contributed by atoms with Crippen LogP contribution < -0.4 is 0 Å². The summed E-state index contributed by atoms with van der Waals surface area (Å²) in [5, 5.41) is 18.4. The Kier molecular flexibility index (Phi) is 36.5. The van der Waals surface area contributed by atoms with Crippen LogP contribution in [0.3, 0.4) is 0 Å². The van der Waals surface area contributed by atoms with Gasteiger partial charge in [-0.1, -0.05) is 148 Å². The van der Waals surface area contributed by atoms with Crippen LogP contribution in [-0.4, -0.2) is 77.9 Å². The molecule has 1 heterocycles. The van der Waals surface area contributed by atoms with Crippen molar-refractivity contribution in [2.75, 3.05) is 26.4 Å². The Labute approximate surface area is 373 Å². The van der Waals surface area contributed by atoms with E-state index in [1.807, 2.05) is 30.4 Å². The lowest BCUT2D eigenvalue weighted by Crippen LogP contribution is -2.29. The molecule has 3 unspecified atom stereocenters. The van der Waals surface area contributed by atoms with Gasteiger partial charge in [-0.3, -0.25) is 18.6 Å². The van der Waals surface area contributed by atoms with Gasteiger partial charge in [0, 0.05) is 12.8 Å². The molecule has 0 amide bonds. The van der Waals surface area contributed by atoms with E-state index in [1.54, 1.807) is 0 Å². The van der Waals surface area contributed by atoms with E-state index >= 15 is 0 Å². The van der Waals surface area contributed by atoms with E-state index in [0.29, 0.717) is 31.5 Å². The van der Waals surface area contributed by atoms with Crippen molar-refractivity contribution in [2.24, 2.45) is 0 Å². The Morgan fingerprint density at radius 3 is 1.50 bits per heavy atom. The number of phosphoric acid groups is 1. The summed E-state index contributed by atoms with van der Waals surface area (Å²) in [6.07, 6.45) is 55.2. The summed E-state index contributed by atoms with van der Waals surface area (Å²) in [5.74, 6) is -1.14. The van der Waals surface area contributed by atoms with E-state index < -0.39 is 58.4 Å². The number of esters is 2. The quantitative estimate of drug-likeness (QED) is 0.0177. The third kappa shape index (κ3) is 36.9. The summed E-state index contributed by atoms with van der Waals surface area (Å²) in [6, 6.07) is 0. The second-order valence-electron chi connectivity index (χ2n) is 14.7. The van der Waals surface area contributed by atoms with Crippen LogP contribution in [0.2, 0.25) is 0 Å². The molecule has 5 atom stereocenters. The maximum atomic E-state index is 12.6. The summed E-state index contributed by atoms with van der Waals surface area (Å²) in [4.78, 5) is 35.0. The molecule has 0 aromatic heterocycles. The topological polar surface area (TPSA) is 161 Å². The summed E-state index contributed by atoms with van der Waals surface area (Å²) in [7, 11) is -4.67. The fourth-order valence-electron chi connectivity index (χ4n) is 5.45. The Balaban J connectivity index is 2.35. The maximum absolute atomic E-state index is 12.6. The number of rotatable bonds is 39. The molecule has 1 rings (SSSR count). The first-order valence-electron chi connectivity index (χ1n) is 22.6. The fourth-order valence-corrected chi connectivity index (χ4v) is 6.24. The van der Waals surface area contributed by atoms with E-state index in [-0.39, 0.29) is 12.8 Å². The SMILES string of the molecule is CC/C=C\CC1OC1C/C=C\C/C=C\C/C=C\C/C=C\CCC(=O)O[C@H](COC(=O)CC/C=C\C/C=C\C/C=C\C/C=C\C/C=C\CCCCC)COP(=O)(O)OC[C@@H](O)CO. The molecule has 3 N–H and O–H groups in total. The number of epoxide rings is 1. The zero-order valence-corrected chi connectivity index (χ0v) is 38.4. The Morgan fingerprint density at radius 2 is 1.02 bits per heavy atom. The van der Waals surface area contributed by atoms with Gasteiger partial charge in [-0.25, -0.2) is 4.57 Å². The molecular weight excluding hydrogens is 808 g/mol. The molecule has 11 nitrogen and oxygen atoms in total. The largest absolute Gasteiger partial charge is 0.472 e. The molecule has 0 aromatic carbocycles. The molecule has 12 heteroatoms. The lowest BCUT2D eigenvalue weighted by atomic mass is 10.1. The van der Waals surface area contributed by atoms with Gasteiger partial charge in [-0.15, -0.1) is 0 Å². The van der Waals surface area contributed by atoms with Gasteiger partial charge in [-0.05, 0) is 89.9 Å². The van der Waals surface area contributed by atoms with E-state index in [9.17, 15) is 24.2 Å². The highest BCUT2D eigenvalue weighted by atomic mass is 31.2. The average Bonchev–Trinajstić information content (AvgIpc) is 4.02. The summed E-state index contributed by atoms with van der Waals surface area (Å²) in [5.41, 5.74) is 0. The third-order valence-electron chi connectivity index (χ3n) is 9.03. The number of carbonyl (C=O) groups is 2. The van der Waals surface area contributed by atoms with Gasteiger partial charge in [0.15, 0.2) is 6.10 Å². The van der Waals surface area contributed by atoms with Crippen LogP contribution in [0.5, 0.6) is 0 Å². The summed E-state index contributed by atoms with van der Waals surface area (Å²) in [6.45, 7) is 2.03. The number of unbranched alkanes of at least 4 members (excludes halogenated alkanes) is 3. The smallest absolute Gasteiger partial charge is 0.462 e. The lowest BCUT2D eigenvalue weighted by molar-refractivity contribution is -0.161. The molecule has 62 heavy (non-hydrogen) atoms. The van der Waals surface area contributed by atoms with Crippen LogP contribution >= 0.6 is 7.82 Å². The van der Waals surface area contributed by atoms with Crippen LogP contribution in [0.1, 0.15) is 129 Å². The zero-order chi connectivity index (χ0) is 45.2. The van der Waals surface area contributed by atoms with Crippen molar-refractivity contribution < 1.29 is 52.5 Å². The van der Waals surface area contributed by atoms with E-state index in [2.05, 4.69) is 110 Å². The van der Waals surface area contributed by atoms with E-state index in [0.717, 1.165) is 57.8 Å². The number of aliphatic hydroxyl groups excluding tert-OH is 2. The molecule has 348 valence electrons. The van der Waals surface area contributed by atoms with Crippen molar-refractivity contribution in [1.29, 1.82) is 0 Å². The molecular formula is C50H77O11P. The molecule has 0 aliphatic carbocycles. The number of carbonyl (C=O) groups excluding carboxylic acids is 2. The average molecular weight is 885 g/mol. The van der Waals surface area contributed by atoms with Crippen LogP contribution in [-0.2, 0) is 37.4 Å². The highest BCUT2D eigenvalue weighted by Gasteiger charge is 2.36. The maximum Gasteiger partial charge on any atom is 0.472 e. The fraction of sp³-hybridized carbons (Fsp3) is 0.560. The minimum Gasteiger partial charge on any atom is -0.462 e. The Morgan fingerprint density at radius 1 is 0.581 bits per heavy atom. The van der Waals surface area contributed by atoms with E-state index in [4.69, 9.17) is 23.8 Å². The highest BCUT2D eigenvalue weighted by Crippen LogP contribution is 2.43. The Hall–Kier alpha value is -3.67. The summed E-state index contributed by atoms with van der Waals surface area (Å²) >= 11 is 0. The van der Waals surface area contributed by atoms with Gasteiger partial charge in [-0.2, -0.15) is 0 Å². The standard InChI is InChI=1S/C50H77O11P/c1-3-5-7-8-9-10-11-12-13-14-15-16-17-18-22-25-28-31-35-39-49(53)57-43-46(44-59-62(55,56)58-42-45(52)41-51)60-50(54)40-36-32-29-26-23-20-19-21-24-27-30-34-38-48-47(61-48)37-33-6-4-2/h6,9-10,12-13,15-16,18,20-24,28-34,45-48,51-52H,3-5,7-8,11,14,17,19,25-27,35-44H2,1-2H3,(H,55,56)/b10-9-,13-12-,16-15-,22-18-,23-20-,24-21-,31-28-,32-29-,33-6-,34-30-/t45-,46+,47?,48?/m0/s1. The molecule has 1 fully saturated rings. The molecule has 0 saturated carbocycles. The van der Waals surface area contributed by atoms with Crippen molar-refractivity contribution in [2.45, 2.75) is 154 Å². The van der Waals surface area contributed by atoms with Crippen molar-refractivity contribution in [3.05, 3.63) is 122 Å². The number of phosphoric ester groups is 1. The minimum absolute atomic E-state index is 0.0323. The number of hydrogen-bond acceptors (Lipinski definition) is 10. The van der Waals surface area contributed by atoms with Crippen LogP contribution in [0, 0.1) is 0 Å². The van der Waals surface area contributed by atoms with Crippen molar-refractivity contribution >= 4 is 19.8 Å². The number of aliphatic hydroxyl groups is 2. The van der Waals surface area contributed by atoms with Gasteiger partial charge in [0.25, 0.3) is 0 Å². The Bertz CT molecular complexity index is 1500. The van der Waals surface area contributed by atoms with Gasteiger partial charge < -0.3 is 29.3 Å². The highest BCUT2D eigenvalue weighted by molar-refractivity contribution is 7.47. The summed E-state index contributed by atoms with van der Waals surface area (Å²) < 4.78 is 38.2.